The Kier molecular flexibility index (Phi) is 1.68. The predicted octanol–water partition coefficient (Wildman–Crippen LogP) is 0.871. The van der Waals surface area contributed by atoms with Crippen molar-refractivity contribution in [2.45, 2.75) is 25.3 Å². The maximum Gasteiger partial charge on any atom is 0.0492 e. The van der Waals surface area contributed by atoms with Gasteiger partial charge in [-0.1, -0.05) is 0 Å². The molecule has 66 valence electrons. The maximum atomic E-state index is 5.81. The molecule has 3 unspecified atom stereocenters. The normalized spacial score (nSPS) is 30.2. The van der Waals surface area contributed by atoms with E-state index in [-0.39, 0.29) is 0 Å². The van der Waals surface area contributed by atoms with Crippen molar-refractivity contribution in [2.75, 3.05) is 0 Å². The minimum absolute atomic E-state index is 0.324. The molecule has 3 atom stereocenters. The topological polar surface area (TPSA) is 43.8 Å². The highest BCUT2D eigenvalue weighted by molar-refractivity contribution is 5.18. The van der Waals surface area contributed by atoms with E-state index in [1.807, 2.05) is 17.9 Å². The van der Waals surface area contributed by atoms with Crippen LogP contribution in [0.15, 0.2) is 12.3 Å². The highest BCUT2D eigenvalue weighted by Crippen LogP contribution is 2.48. The lowest BCUT2D eigenvalue weighted by molar-refractivity contribution is 0.611. The van der Waals surface area contributed by atoms with Gasteiger partial charge in [0.2, 0.25) is 0 Å². The van der Waals surface area contributed by atoms with Crippen LogP contribution in [-0.2, 0) is 7.05 Å². The van der Waals surface area contributed by atoms with Crippen molar-refractivity contribution in [1.82, 2.24) is 9.78 Å². The summed E-state index contributed by atoms with van der Waals surface area (Å²) in [6.45, 7) is 2.08. The van der Waals surface area contributed by atoms with Crippen molar-refractivity contribution < 1.29 is 0 Å². The van der Waals surface area contributed by atoms with Crippen LogP contribution in [0.1, 0.15) is 25.0 Å². The molecule has 0 amide bonds. The molecule has 1 aromatic rings. The smallest absolute Gasteiger partial charge is 0.0492 e. The summed E-state index contributed by atoms with van der Waals surface area (Å²) in [6, 6.07) is 2.41. The van der Waals surface area contributed by atoms with E-state index in [2.05, 4.69) is 18.1 Å². The van der Waals surface area contributed by atoms with Gasteiger partial charge in [-0.3, -0.25) is 4.68 Å². The molecule has 2 N–H and O–H groups in total. The SMILES string of the molecule is CC(N)C1CC1c1ccnn1C. The quantitative estimate of drug-likeness (QED) is 0.706. The van der Waals surface area contributed by atoms with Crippen LogP contribution >= 0.6 is 0 Å². The summed E-state index contributed by atoms with van der Waals surface area (Å²) in [7, 11) is 1.99. The molecule has 0 bridgehead atoms. The molecule has 0 aromatic carbocycles. The summed E-state index contributed by atoms with van der Waals surface area (Å²) in [5.74, 6) is 1.35. The van der Waals surface area contributed by atoms with Gasteiger partial charge in [0, 0.05) is 30.9 Å². The molecule has 1 heterocycles. The van der Waals surface area contributed by atoms with Gasteiger partial charge in [0.15, 0.2) is 0 Å². The first-order chi connectivity index (χ1) is 5.70. The van der Waals surface area contributed by atoms with E-state index in [1.165, 1.54) is 12.1 Å². The first-order valence-electron chi connectivity index (χ1n) is 4.43. The number of aromatic nitrogens is 2. The standard InChI is InChI=1S/C9H15N3/c1-6(10)7-5-8(7)9-3-4-11-12(9)2/h3-4,6-8H,5,10H2,1-2H3. The Balaban J connectivity index is 2.10. The zero-order chi connectivity index (χ0) is 8.72. The van der Waals surface area contributed by atoms with Gasteiger partial charge in [-0.05, 0) is 25.3 Å². The van der Waals surface area contributed by atoms with Gasteiger partial charge in [0.25, 0.3) is 0 Å². The number of nitrogens with zero attached hydrogens (tertiary/aromatic N) is 2. The number of hydrogen-bond acceptors (Lipinski definition) is 2. The molecule has 0 saturated heterocycles. The predicted molar refractivity (Wildman–Crippen MR) is 47.7 cm³/mol. The van der Waals surface area contributed by atoms with E-state index in [4.69, 9.17) is 5.73 Å². The maximum absolute atomic E-state index is 5.81. The van der Waals surface area contributed by atoms with Crippen LogP contribution < -0.4 is 5.73 Å². The Morgan fingerprint density at radius 3 is 2.92 bits per heavy atom. The molecule has 1 saturated carbocycles. The van der Waals surface area contributed by atoms with Gasteiger partial charge in [-0.25, -0.2) is 0 Å². The van der Waals surface area contributed by atoms with Crippen molar-refractivity contribution in [1.29, 1.82) is 0 Å². The lowest BCUT2D eigenvalue weighted by Gasteiger charge is -2.03. The lowest BCUT2D eigenvalue weighted by atomic mass is 10.1. The average molecular weight is 165 g/mol. The molecule has 0 aliphatic heterocycles. The molecule has 3 heteroatoms. The van der Waals surface area contributed by atoms with Gasteiger partial charge in [-0.15, -0.1) is 0 Å². The van der Waals surface area contributed by atoms with Crippen molar-refractivity contribution >= 4 is 0 Å². The van der Waals surface area contributed by atoms with Crippen LogP contribution in [0.2, 0.25) is 0 Å². The summed E-state index contributed by atoms with van der Waals surface area (Å²) in [5, 5.41) is 4.15. The van der Waals surface area contributed by atoms with E-state index in [0.29, 0.717) is 17.9 Å². The van der Waals surface area contributed by atoms with Gasteiger partial charge in [0.05, 0.1) is 0 Å². The summed E-state index contributed by atoms with van der Waals surface area (Å²) < 4.78 is 1.95. The highest BCUT2D eigenvalue weighted by atomic mass is 15.3. The highest BCUT2D eigenvalue weighted by Gasteiger charge is 2.42. The summed E-state index contributed by atoms with van der Waals surface area (Å²) in [6.07, 6.45) is 3.09. The van der Waals surface area contributed by atoms with E-state index in [0.717, 1.165) is 0 Å². The lowest BCUT2D eigenvalue weighted by Crippen LogP contribution is -2.18. The van der Waals surface area contributed by atoms with Gasteiger partial charge < -0.3 is 5.73 Å². The Bertz CT molecular complexity index is 277. The largest absolute Gasteiger partial charge is 0.328 e. The number of hydrogen-bond donors (Lipinski definition) is 1. The molecular formula is C9H15N3. The Morgan fingerprint density at radius 1 is 1.75 bits per heavy atom. The average Bonchev–Trinajstić information content (AvgIpc) is 2.70. The van der Waals surface area contributed by atoms with E-state index in [1.54, 1.807) is 0 Å². The second kappa shape index (κ2) is 2.59. The number of rotatable bonds is 2. The molecule has 2 rings (SSSR count). The molecule has 0 radical (unpaired) electrons. The molecule has 3 nitrogen and oxygen atoms in total. The van der Waals surface area contributed by atoms with Crippen molar-refractivity contribution in [3.8, 4) is 0 Å². The van der Waals surface area contributed by atoms with Crippen molar-refractivity contribution in [3.63, 3.8) is 0 Å². The third-order valence-electron chi connectivity index (χ3n) is 2.75. The molecule has 1 fully saturated rings. The van der Waals surface area contributed by atoms with E-state index >= 15 is 0 Å². The van der Waals surface area contributed by atoms with Gasteiger partial charge in [-0.2, -0.15) is 5.10 Å². The van der Waals surface area contributed by atoms with Crippen LogP contribution in [-0.4, -0.2) is 15.8 Å². The van der Waals surface area contributed by atoms with Crippen LogP contribution in [0.3, 0.4) is 0 Å². The number of nitrogens with two attached hydrogens (primary N) is 1. The summed E-state index contributed by atoms with van der Waals surface area (Å²) >= 11 is 0. The molecule has 12 heavy (non-hydrogen) atoms. The van der Waals surface area contributed by atoms with Crippen LogP contribution in [0.25, 0.3) is 0 Å². The summed E-state index contributed by atoms with van der Waals surface area (Å²) in [5.41, 5.74) is 7.15. The monoisotopic (exact) mass is 165 g/mol. The Hall–Kier alpha value is -0.830. The van der Waals surface area contributed by atoms with Crippen molar-refractivity contribution in [2.24, 2.45) is 18.7 Å². The van der Waals surface area contributed by atoms with Crippen LogP contribution in [0.4, 0.5) is 0 Å². The Labute approximate surface area is 72.6 Å². The second-order valence-electron chi connectivity index (χ2n) is 3.74. The third-order valence-corrected chi connectivity index (χ3v) is 2.75. The van der Waals surface area contributed by atoms with E-state index in [9.17, 15) is 0 Å². The first-order valence-corrected chi connectivity index (χ1v) is 4.43. The fourth-order valence-electron chi connectivity index (χ4n) is 1.88. The van der Waals surface area contributed by atoms with Crippen LogP contribution in [0.5, 0.6) is 0 Å². The van der Waals surface area contributed by atoms with Gasteiger partial charge in [0.1, 0.15) is 0 Å². The Morgan fingerprint density at radius 2 is 2.50 bits per heavy atom. The minimum Gasteiger partial charge on any atom is -0.328 e. The van der Waals surface area contributed by atoms with Crippen LogP contribution in [0, 0.1) is 5.92 Å². The minimum atomic E-state index is 0.324. The second-order valence-corrected chi connectivity index (χ2v) is 3.74. The third kappa shape index (κ3) is 1.14. The summed E-state index contributed by atoms with van der Waals surface area (Å²) in [4.78, 5) is 0. The first kappa shape index (κ1) is 7.80. The number of aryl methyl sites for hydroxylation is 1. The molecular weight excluding hydrogens is 150 g/mol. The zero-order valence-electron chi connectivity index (χ0n) is 7.57. The zero-order valence-corrected chi connectivity index (χ0v) is 7.57. The van der Waals surface area contributed by atoms with E-state index < -0.39 is 0 Å². The molecule has 1 aliphatic carbocycles. The van der Waals surface area contributed by atoms with Crippen molar-refractivity contribution in [3.05, 3.63) is 18.0 Å². The molecule has 0 spiro atoms. The molecule has 1 aliphatic rings. The molecule has 1 aromatic heterocycles. The van der Waals surface area contributed by atoms with Gasteiger partial charge >= 0.3 is 0 Å². The fourth-order valence-corrected chi connectivity index (χ4v) is 1.88. The fraction of sp³-hybridized carbons (Fsp3) is 0.667.